The largest absolute Gasteiger partial charge is 0.481 e. The van der Waals surface area contributed by atoms with Gasteiger partial charge in [0, 0.05) is 37.5 Å². The Kier molecular flexibility index (Phi) is 25.6. The van der Waals surface area contributed by atoms with Crippen LogP contribution in [0.2, 0.25) is 0 Å². The Morgan fingerprint density at radius 2 is 1.27 bits per heavy atom. The maximum Gasteiger partial charge on any atom is 0.388 e. The van der Waals surface area contributed by atoms with Gasteiger partial charge in [-0.05, 0) is 56.0 Å². The lowest BCUT2D eigenvalue weighted by Gasteiger charge is -2.29. The maximum absolute atomic E-state index is 14.7. The highest BCUT2D eigenvalue weighted by Gasteiger charge is 2.42. The van der Waals surface area contributed by atoms with Gasteiger partial charge in [0.15, 0.2) is 17.5 Å². The van der Waals surface area contributed by atoms with Crippen LogP contribution in [0.25, 0.3) is 0 Å². The summed E-state index contributed by atoms with van der Waals surface area (Å²) < 4.78 is 150. The molecule has 0 bridgehead atoms. The molecule has 0 radical (unpaired) electrons. The third-order valence-electron chi connectivity index (χ3n) is 11.6. The molecule has 5 heterocycles. The van der Waals surface area contributed by atoms with Crippen LogP contribution in [0.4, 0.5) is 54.8 Å². The second-order valence-electron chi connectivity index (χ2n) is 18.4. The fourth-order valence-electron chi connectivity index (χ4n) is 7.83. The first-order valence-electron chi connectivity index (χ1n) is 25.8. The van der Waals surface area contributed by atoms with E-state index in [1.807, 2.05) is 0 Å². The van der Waals surface area contributed by atoms with Gasteiger partial charge in [-0.2, -0.15) is 45.9 Å². The normalized spacial score (nSPS) is 13.3. The number of fused-ring (bicyclic) bond motifs is 1. The number of benzene rings is 2. The van der Waals surface area contributed by atoms with Crippen LogP contribution in [0.3, 0.4) is 0 Å². The number of urea groups is 2. The fourth-order valence-corrected chi connectivity index (χ4v) is 10.4. The highest BCUT2D eigenvalue weighted by Crippen LogP contribution is 2.42. The Labute approximate surface area is 526 Å². The van der Waals surface area contributed by atoms with Gasteiger partial charge in [0.05, 0.1) is 68.2 Å². The number of hydrogen-bond donors (Lipinski definition) is 9. The molecule has 3 aliphatic rings. The van der Waals surface area contributed by atoms with Gasteiger partial charge in [0.25, 0.3) is 43.7 Å². The van der Waals surface area contributed by atoms with Crippen molar-refractivity contribution < 1.29 is 125 Å². The number of aliphatic carboxylic acids is 1. The number of sulfonamides is 2. The van der Waals surface area contributed by atoms with Gasteiger partial charge in [-0.25, -0.2) is 46.5 Å². The lowest BCUT2D eigenvalue weighted by Crippen LogP contribution is -2.39. The number of hydrogen-bond acceptors (Lipinski definition) is 24. The van der Waals surface area contributed by atoms with E-state index in [0.717, 1.165) is 35.9 Å². The predicted molar refractivity (Wildman–Crippen MR) is 308 cm³/mol. The van der Waals surface area contributed by atoms with Crippen LogP contribution in [-0.4, -0.2) is 182 Å². The molecule has 35 nitrogen and oxygen atoms in total. The number of carbonyl (C=O) groups is 8. The van der Waals surface area contributed by atoms with Gasteiger partial charge < -0.3 is 48.6 Å². The van der Waals surface area contributed by atoms with Crippen LogP contribution in [0.15, 0.2) is 87.9 Å². The van der Waals surface area contributed by atoms with Crippen LogP contribution >= 0.6 is 7.60 Å². The molecule has 94 heavy (non-hydrogen) atoms. The van der Waals surface area contributed by atoms with Crippen molar-refractivity contribution in [1.29, 1.82) is 0 Å². The molecule has 0 fully saturated rings. The Morgan fingerprint density at radius 3 is 1.76 bits per heavy atom. The SMILES string of the molecule is C#CCN1C(=O)COc2cc(F)c(N3C(=O)C4=C(CCCC4)C3=O)cc21.COc1cc(OC)nc(NC(=O)NS(=O)(=O)c2ncccc2C(=O)N(C)C)n1.O=C(Nc1nc(OC(F)F)cc(OC(F)F)n1)NS(=O)(=O)c1ccccc1C(=O)O.O=C(O)CNCP(=O)(O)O. The number of alkyl halides is 4. The average Bonchev–Trinajstić information content (AvgIpc) is 1.55. The summed E-state index contributed by atoms with van der Waals surface area (Å²) >= 11 is 0. The number of rotatable bonds is 20. The zero-order valence-electron chi connectivity index (χ0n) is 48.6. The molecule has 0 saturated carbocycles. The summed E-state index contributed by atoms with van der Waals surface area (Å²) in [5.41, 5.74) is 0.160. The van der Waals surface area contributed by atoms with Crippen LogP contribution in [0, 0.1) is 18.2 Å². The predicted octanol–water partition coefficient (Wildman–Crippen LogP) is 2.71. The fraction of sp³-hybridized carbons (Fsp3) is 0.275. The Balaban J connectivity index is 0.000000238. The number of terminal acetylenes is 1. The molecule has 504 valence electrons. The van der Waals surface area contributed by atoms with E-state index in [4.69, 9.17) is 40.6 Å². The summed E-state index contributed by atoms with van der Waals surface area (Å²) in [6, 6.07) is 8.50. The molecule has 3 aromatic heterocycles. The van der Waals surface area contributed by atoms with Crippen molar-refractivity contribution in [2.24, 2.45) is 0 Å². The number of carboxylic acid groups (broad SMARTS) is 2. The first-order chi connectivity index (χ1) is 44.1. The molecule has 8 rings (SSSR count). The molecular weight excluding hydrogens is 1340 g/mol. The lowest BCUT2D eigenvalue weighted by molar-refractivity contribution is -0.136. The highest BCUT2D eigenvalue weighted by atomic mass is 32.2. The van der Waals surface area contributed by atoms with E-state index in [9.17, 15) is 81.7 Å². The van der Waals surface area contributed by atoms with Gasteiger partial charge in [-0.1, -0.05) is 18.1 Å². The smallest absolute Gasteiger partial charge is 0.388 e. The Morgan fingerprint density at radius 1 is 0.755 bits per heavy atom. The summed E-state index contributed by atoms with van der Waals surface area (Å²) in [6.45, 7) is -7.52. The number of carbonyl (C=O) groups excluding carboxylic acids is 6. The van der Waals surface area contributed by atoms with Crippen LogP contribution in [-0.2, 0) is 43.8 Å². The number of pyridine rings is 1. The molecule has 8 amide bonds. The summed E-state index contributed by atoms with van der Waals surface area (Å²) in [5, 5.41) is 22.4. The van der Waals surface area contributed by atoms with Gasteiger partial charge in [0.1, 0.15) is 10.6 Å². The van der Waals surface area contributed by atoms with Gasteiger partial charge in [-0.15, -0.1) is 6.42 Å². The van der Waals surface area contributed by atoms with Gasteiger partial charge >= 0.3 is 44.8 Å². The van der Waals surface area contributed by atoms with E-state index in [0.29, 0.717) is 30.1 Å². The minimum absolute atomic E-state index is 0.0170. The van der Waals surface area contributed by atoms with E-state index in [-0.39, 0.29) is 59.5 Å². The number of anilines is 4. The third-order valence-corrected chi connectivity index (χ3v) is 14.9. The van der Waals surface area contributed by atoms with Crippen molar-refractivity contribution >= 4 is 98.5 Å². The number of aromatic carboxylic acids is 1. The topological polar surface area (TPSA) is 483 Å². The number of nitrogens with zero attached hydrogens (tertiary/aromatic N) is 8. The quantitative estimate of drug-likeness (QED) is 0.0234. The molecule has 0 spiro atoms. The molecule has 1 aliphatic carbocycles. The Hall–Kier alpha value is -10.7. The highest BCUT2D eigenvalue weighted by molar-refractivity contribution is 7.90. The van der Waals surface area contributed by atoms with E-state index >= 15 is 0 Å². The average molecular weight is 1390 g/mol. The summed E-state index contributed by atoms with van der Waals surface area (Å²) in [4.78, 5) is 131. The minimum Gasteiger partial charge on any atom is -0.481 e. The van der Waals surface area contributed by atoms with E-state index in [2.05, 4.69) is 50.9 Å². The first-order valence-corrected chi connectivity index (χ1v) is 30.6. The Bertz CT molecular complexity index is 4030. The van der Waals surface area contributed by atoms with Crippen molar-refractivity contribution in [3.63, 3.8) is 0 Å². The number of amides is 8. The zero-order chi connectivity index (χ0) is 70.0. The molecule has 0 unspecified atom stereocenters. The number of halogens is 5. The monoisotopic (exact) mass is 1390 g/mol. The molecule has 43 heteroatoms. The number of imide groups is 1. The number of nitrogens with one attached hydrogen (secondary N) is 5. The lowest BCUT2D eigenvalue weighted by atomic mass is 9.93. The van der Waals surface area contributed by atoms with Crippen molar-refractivity contribution in [2.45, 2.75) is 48.8 Å². The number of carboxylic acids is 2. The number of aromatic nitrogens is 5. The molecule has 2 aliphatic heterocycles. The van der Waals surface area contributed by atoms with E-state index < -0.39 is 134 Å². The maximum atomic E-state index is 14.7. The second kappa shape index (κ2) is 32.5. The first kappa shape index (κ1) is 74.0. The third kappa shape index (κ3) is 20.6. The molecular formula is C51H51F5N13O22PS2. The van der Waals surface area contributed by atoms with Crippen molar-refractivity contribution in [2.75, 3.05) is 74.7 Å². The van der Waals surface area contributed by atoms with Crippen molar-refractivity contribution in [3.8, 4) is 41.6 Å². The molecule has 0 saturated heterocycles. The molecule has 9 N–H and O–H groups in total. The zero-order valence-corrected chi connectivity index (χ0v) is 51.1. The molecule has 2 aromatic carbocycles. The second-order valence-corrected chi connectivity index (χ2v) is 23.3. The van der Waals surface area contributed by atoms with Crippen LogP contribution in [0.1, 0.15) is 46.4 Å². The molecule has 0 atom stereocenters. The minimum atomic E-state index is -4.71. The number of methoxy groups -OCH3 is 2. The summed E-state index contributed by atoms with van der Waals surface area (Å²) in [6.07, 6.45) is 8.60. The summed E-state index contributed by atoms with van der Waals surface area (Å²) in [5.74, 6) is -5.86. The van der Waals surface area contributed by atoms with Crippen LogP contribution in [0.5, 0.6) is 29.3 Å². The van der Waals surface area contributed by atoms with Crippen molar-refractivity contribution in [1.82, 2.24) is 44.6 Å². The van der Waals surface area contributed by atoms with Crippen molar-refractivity contribution in [3.05, 3.63) is 95.0 Å². The standard InChI is InChI=1S/C19H15FN2O4.C15H18N6O6S.C14H10F4N4O7S.C3H8NO5P/c1-2-7-21-15-9-14(13(20)8-16(15)26-10-17(21)23)22-18(24)11-5-3-4-6-12(11)19(22)25;1-21(2)13(22)9-6-5-7-16-12(9)28(24,25)20-15(23)19-14-17-10(26-3)8-11(18-14)27-4;15-11(16)28-8-5-9(29-12(17)18)20-13(19-8)21-14(25)22-30(26,27)7-4-2-1-3-6(7)10(23)24;5-3(6)1-4-2-10(7,8)9/h1,8-9H,3-7,10H2;5-8H,1-4H3,(H2,17,18,19,20,23);1-5,11-12H,(H,23,24)(H2,19,20,21,22,25);4H,1-2H2,(H,5,6)(H2,7,8,9). The van der Waals surface area contributed by atoms with Gasteiger partial charge in [0.2, 0.25) is 35.4 Å². The van der Waals surface area contributed by atoms with E-state index in [1.165, 1.54) is 85.4 Å². The number of ether oxygens (including phenoxy) is 5. The van der Waals surface area contributed by atoms with E-state index in [1.54, 1.807) is 10.0 Å². The molecule has 5 aromatic rings. The van der Waals surface area contributed by atoms with Gasteiger partial charge in [-0.3, -0.25) is 49.4 Å². The van der Waals surface area contributed by atoms with Crippen LogP contribution < -0.4 is 58.9 Å². The summed E-state index contributed by atoms with van der Waals surface area (Å²) in [7, 11) is -7.66.